The Morgan fingerprint density at radius 1 is 1.00 bits per heavy atom. The maximum atomic E-state index is 11.7. The van der Waals surface area contributed by atoms with Crippen molar-refractivity contribution in [2.75, 3.05) is 0 Å². The van der Waals surface area contributed by atoms with Crippen LogP contribution in [0, 0.1) is 0 Å². The van der Waals surface area contributed by atoms with Crippen LogP contribution in [-0.2, 0) is 4.57 Å². The average molecular weight is 174 g/mol. The van der Waals surface area contributed by atoms with Crippen LogP contribution in [0.2, 0.25) is 0 Å². The Hall–Kier alpha value is 0.190. The highest BCUT2D eigenvalue weighted by atomic mass is 31.2. The minimum Gasteiger partial charge on any atom is -0.344 e. The van der Waals surface area contributed by atoms with E-state index in [1.165, 1.54) is 12.8 Å². The van der Waals surface area contributed by atoms with Crippen LogP contribution >= 0.6 is 7.37 Å². The highest BCUT2D eigenvalue weighted by molar-refractivity contribution is 7.59. The first-order chi connectivity index (χ1) is 5.21. The van der Waals surface area contributed by atoms with E-state index in [1.807, 2.05) is 0 Å². The second-order valence-corrected chi connectivity index (χ2v) is 6.65. The van der Waals surface area contributed by atoms with E-state index >= 15 is 0 Å². The van der Waals surface area contributed by atoms with Crippen LogP contribution in [0.5, 0.6) is 0 Å². The summed E-state index contributed by atoms with van der Waals surface area (Å²) in [6.07, 6.45) is 6.38. The van der Waals surface area contributed by atoms with Crippen molar-refractivity contribution in [2.24, 2.45) is 0 Å². The van der Waals surface area contributed by atoms with Gasteiger partial charge in [-0.15, -0.1) is 0 Å². The number of fused-ring (bicyclic) bond motifs is 2. The fourth-order valence-electron chi connectivity index (χ4n) is 2.47. The minimum absolute atomic E-state index is 0.176. The van der Waals surface area contributed by atoms with Crippen LogP contribution in [0.15, 0.2) is 0 Å². The lowest BCUT2D eigenvalue weighted by Gasteiger charge is -2.15. The summed E-state index contributed by atoms with van der Waals surface area (Å²) in [6.45, 7) is 0. The third kappa shape index (κ3) is 1.17. The molecule has 0 aromatic heterocycles. The maximum Gasteiger partial charge on any atom is 0.206 e. The molecule has 2 aliphatic rings. The largest absolute Gasteiger partial charge is 0.344 e. The lowest BCUT2D eigenvalue weighted by Crippen LogP contribution is -2.03. The molecule has 0 radical (unpaired) electrons. The molecule has 0 aliphatic carbocycles. The van der Waals surface area contributed by atoms with Gasteiger partial charge in [0.05, 0.1) is 0 Å². The Kier molecular flexibility index (Phi) is 1.85. The van der Waals surface area contributed by atoms with Gasteiger partial charge in [-0.2, -0.15) is 0 Å². The van der Waals surface area contributed by atoms with Gasteiger partial charge in [0, 0.05) is 11.3 Å². The van der Waals surface area contributed by atoms with Crippen molar-refractivity contribution in [1.29, 1.82) is 0 Å². The second kappa shape index (κ2) is 2.60. The molecule has 2 heterocycles. The van der Waals surface area contributed by atoms with Gasteiger partial charge in [-0.3, -0.25) is 4.57 Å². The summed E-state index contributed by atoms with van der Waals surface area (Å²) >= 11 is 0. The van der Waals surface area contributed by atoms with Gasteiger partial charge in [-0.1, -0.05) is 12.8 Å². The van der Waals surface area contributed by atoms with E-state index in [0.717, 1.165) is 25.7 Å². The third-order valence-electron chi connectivity index (χ3n) is 3.20. The Morgan fingerprint density at radius 3 is 1.91 bits per heavy atom. The molecule has 0 aromatic carbocycles. The van der Waals surface area contributed by atoms with Gasteiger partial charge in [0.2, 0.25) is 7.37 Å². The van der Waals surface area contributed by atoms with E-state index in [4.69, 9.17) is 0 Å². The number of hydrogen-bond donors (Lipinski definition) is 1. The molecule has 2 unspecified atom stereocenters. The van der Waals surface area contributed by atoms with Crippen LogP contribution in [0.1, 0.15) is 38.5 Å². The zero-order valence-electron chi connectivity index (χ0n) is 6.70. The molecule has 2 saturated heterocycles. The molecule has 2 aliphatic heterocycles. The van der Waals surface area contributed by atoms with Gasteiger partial charge in [0.1, 0.15) is 0 Å². The molecule has 2 nitrogen and oxygen atoms in total. The van der Waals surface area contributed by atoms with Crippen molar-refractivity contribution in [3.63, 3.8) is 0 Å². The van der Waals surface area contributed by atoms with E-state index in [2.05, 4.69) is 0 Å². The minimum atomic E-state index is -2.70. The molecule has 0 aromatic rings. The van der Waals surface area contributed by atoms with Crippen LogP contribution in [0.3, 0.4) is 0 Å². The summed E-state index contributed by atoms with van der Waals surface area (Å²) < 4.78 is 11.7. The average Bonchev–Trinajstić information content (AvgIpc) is 2.00. The summed E-state index contributed by atoms with van der Waals surface area (Å²) in [5.41, 5.74) is 0.352. The van der Waals surface area contributed by atoms with Gasteiger partial charge >= 0.3 is 0 Å². The molecule has 2 bridgehead atoms. The van der Waals surface area contributed by atoms with E-state index in [9.17, 15) is 9.46 Å². The molecule has 0 spiro atoms. The van der Waals surface area contributed by atoms with E-state index in [1.54, 1.807) is 0 Å². The Balaban J connectivity index is 2.26. The lowest BCUT2D eigenvalue weighted by molar-refractivity contribution is 0.463. The van der Waals surface area contributed by atoms with Crippen LogP contribution in [0.25, 0.3) is 0 Å². The molecule has 11 heavy (non-hydrogen) atoms. The first kappa shape index (κ1) is 7.82. The Labute approximate surface area is 67.5 Å². The fraction of sp³-hybridized carbons (Fsp3) is 1.00. The summed E-state index contributed by atoms with van der Waals surface area (Å²) in [6, 6.07) is 0. The highest BCUT2D eigenvalue weighted by Crippen LogP contribution is 2.63. The first-order valence-corrected chi connectivity index (χ1v) is 6.33. The highest BCUT2D eigenvalue weighted by Gasteiger charge is 2.45. The van der Waals surface area contributed by atoms with Crippen LogP contribution in [-0.4, -0.2) is 16.2 Å². The molecule has 1 N–H and O–H groups in total. The van der Waals surface area contributed by atoms with E-state index in [-0.39, 0.29) is 11.3 Å². The zero-order valence-corrected chi connectivity index (χ0v) is 7.59. The quantitative estimate of drug-likeness (QED) is 0.572. The van der Waals surface area contributed by atoms with Gasteiger partial charge in [-0.05, 0) is 25.7 Å². The summed E-state index contributed by atoms with van der Waals surface area (Å²) in [5, 5.41) is 0. The predicted octanol–water partition coefficient (Wildman–Crippen LogP) is 2.36. The van der Waals surface area contributed by atoms with Crippen LogP contribution in [0.4, 0.5) is 0 Å². The van der Waals surface area contributed by atoms with Crippen molar-refractivity contribution in [2.45, 2.75) is 49.8 Å². The Bertz CT molecular complexity index is 184. The zero-order chi connectivity index (χ0) is 7.90. The molecular weight excluding hydrogens is 159 g/mol. The normalized spacial score (nSPS) is 50.6. The molecule has 0 saturated carbocycles. The summed E-state index contributed by atoms with van der Waals surface area (Å²) in [7, 11) is -2.70. The monoisotopic (exact) mass is 174 g/mol. The van der Waals surface area contributed by atoms with Crippen LogP contribution < -0.4 is 0 Å². The van der Waals surface area contributed by atoms with Crippen molar-refractivity contribution < 1.29 is 9.46 Å². The second-order valence-electron chi connectivity index (χ2n) is 3.84. The molecule has 2 rings (SSSR count). The smallest absolute Gasteiger partial charge is 0.206 e. The van der Waals surface area contributed by atoms with E-state index in [0.29, 0.717) is 0 Å². The number of hydrogen-bond acceptors (Lipinski definition) is 1. The molecule has 64 valence electrons. The standard InChI is InChI=1S/C8H15O2P/c9-11(10)7-3-1-2-4-8(11)6-5-7/h7-8H,1-6H2,(H,9,10). The molecular formula is C8H15O2P. The molecule has 2 fully saturated rings. The van der Waals surface area contributed by atoms with Gasteiger partial charge in [0.25, 0.3) is 0 Å². The summed E-state index contributed by atoms with van der Waals surface area (Å²) in [5.74, 6) is 0. The van der Waals surface area contributed by atoms with Gasteiger partial charge < -0.3 is 4.89 Å². The molecule has 2 atom stereocenters. The topological polar surface area (TPSA) is 37.3 Å². The maximum absolute atomic E-state index is 11.7. The van der Waals surface area contributed by atoms with Gasteiger partial charge in [0.15, 0.2) is 0 Å². The van der Waals surface area contributed by atoms with Crippen molar-refractivity contribution >= 4 is 7.37 Å². The summed E-state index contributed by atoms with van der Waals surface area (Å²) in [4.78, 5) is 9.71. The predicted molar refractivity (Wildman–Crippen MR) is 45.1 cm³/mol. The molecule has 0 amide bonds. The third-order valence-corrected chi connectivity index (χ3v) is 6.33. The van der Waals surface area contributed by atoms with Crippen molar-refractivity contribution in [3.8, 4) is 0 Å². The SMILES string of the molecule is O=P1(O)C2CCCCC1CC2. The Morgan fingerprint density at radius 2 is 1.45 bits per heavy atom. The van der Waals surface area contributed by atoms with Crippen molar-refractivity contribution in [3.05, 3.63) is 0 Å². The first-order valence-electron chi connectivity index (χ1n) is 4.53. The van der Waals surface area contributed by atoms with E-state index < -0.39 is 7.37 Å². The molecule has 3 heteroatoms. The lowest BCUT2D eigenvalue weighted by atomic mass is 10.0. The fourth-order valence-corrected chi connectivity index (χ4v) is 5.21. The van der Waals surface area contributed by atoms with Crippen molar-refractivity contribution in [1.82, 2.24) is 0 Å². The van der Waals surface area contributed by atoms with Gasteiger partial charge in [-0.25, -0.2) is 0 Å². The number of rotatable bonds is 0.